The summed E-state index contributed by atoms with van der Waals surface area (Å²) in [7, 11) is 0. The molecule has 2 aromatic heterocycles. The summed E-state index contributed by atoms with van der Waals surface area (Å²) < 4.78 is 6.08. The minimum atomic E-state index is -0.0145. The molecule has 2 aromatic carbocycles. The van der Waals surface area contributed by atoms with E-state index in [2.05, 4.69) is 45.4 Å². The average Bonchev–Trinajstić information content (AvgIpc) is 3.25. The Kier molecular flexibility index (Phi) is 4.99. The molecule has 0 saturated carbocycles. The topological polar surface area (TPSA) is 75.7 Å². The average molecular weight is 397 g/mol. The summed E-state index contributed by atoms with van der Waals surface area (Å²) in [6, 6.07) is 18.2. The molecular formula is C24H23N5O. The lowest BCUT2D eigenvalue weighted by Gasteiger charge is -2.15. The van der Waals surface area contributed by atoms with Crippen molar-refractivity contribution in [2.24, 2.45) is 0 Å². The minimum Gasteiger partial charge on any atom is -0.486 e. The third-order valence-electron chi connectivity index (χ3n) is 5.36. The van der Waals surface area contributed by atoms with E-state index >= 15 is 0 Å². The van der Waals surface area contributed by atoms with Crippen LogP contribution in [0.2, 0.25) is 0 Å². The molecule has 0 fully saturated rings. The number of aromatic amines is 1. The molecule has 6 heteroatoms. The molecule has 6 nitrogen and oxygen atoms in total. The van der Waals surface area contributed by atoms with E-state index in [4.69, 9.17) is 9.72 Å². The Balaban J connectivity index is 1.40. The third-order valence-corrected chi connectivity index (χ3v) is 5.36. The molecule has 0 radical (unpaired) electrons. The molecule has 0 bridgehead atoms. The van der Waals surface area contributed by atoms with Crippen LogP contribution in [0.25, 0.3) is 28.1 Å². The molecule has 3 heterocycles. The standard InChI is InChI=1S/C24H23N5O/c1-16(17-5-3-2-4-6-17)30-20-9-7-19(8-10-20)23-28-22-21(18-11-13-25-14-12-18)26-15-27-24(22)29-23/h2-11,15-16,25H,12-14H2,1H3,(H,26,27,28,29). The van der Waals surface area contributed by atoms with E-state index < -0.39 is 0 Å². The first kappa shape index (κ1) is 18.5. The maximum Gasteiger partial charge on any atom is 0.161 e. The fourth-order valence-corrected chi connectivity index (χ4v) is 3.72. The van der Waals surface area contributed by atoms with E-state index in [0.717, 1.165) is 59.1 Å². The number of benzene rings is 2. The summed E-state index contributed by atoms with van der Waals surface area (Å²) in [5.74, 6) is 1.61. The first-order valence-electron chi connectivity index (χ1n) is 10.2. The SMILES string of the molecule is CC(Oc1ccc(-c2nc3c(C4=CCNCC4)ncnc3[nH]2)cc1)c1ccccc1. The molecule has 2 N–H and O–H groups in total. The molecule has 0 amide bonds. The lowest BCUT2D eigenvalue weighted by Crippen LogP contribution is -2.20. The second-order valence-corrected chi connectivity index (χ2v) is 7.38. The van der Waals surface area contributed by atoms with E-state index in [-0.39, 0.29) is 6.10 Å². The maximum absolute atomic E-state index is 6.08. The third kappa shape index (κ3) is 3.69. The molecule has 150 valence electrons. The number of nitrogens with zero attached hydrogens (tertiary/aromatic N) is 3. The van der Waals surface area contributed by atoms with Gasteiger partial charge in [0.1, 0.15) is 29.5 Å². The van der Waals surface area contributed by atoms with Gasteiger partial charge in [-0.05, 0) is 55.3 Å². The van der Waals surface area contributed by atoms with Crippen LogP contribution in [0, 0.1) is 0 Å². The summed E-state index contributed by atoms with van der Waals surface area (Å²) in [5, 5.41) is 3.33. The van der Waals surface area contributed by atoms with Gasteiger partial charge in [-0.25, -0.2) is 15.0 Å². The van der Waals surface area contributed by atoms with Crippen LogP contribution in [0.15, 0.2) is 67.0 Å². The second-order valence-electron chi connectivity index (χ2n) is 7.38. The number of rotatable bonds is 5. The Labute approximate surface area is 175 Å². The van der Waals surface area contributed by atoms with E-state index in [1.165, 1.54) is 5.57 Å². The van der Waals surface area contributed by atoms with Crippen LogP contribution in [0.3, 0.4) is 0 Å². The van der Waals surface area contributed by atoms with Crippen LogP contribution in [0.5, 0.6) is 5.75 Å². The molecule has 5 rings (SSSR count). The van der Waals surface area contributed by atoms with Crippen LogP contribution >= 0.6 is 0 Å². The van der Waals surface area contributed by atoms with E-state index in [0.29, 0.717) is 0 Å². The van der Waals surface area contributed by atoms with Crippen molar-refractivity contribution in [1.29, 1.82) is 0 Å². The number of hydrogen-bond acceptors (Lipinski definition) is 5. The smallest absolute Gasteiger partial charge is 0.161 e. The number of aromatic nitrogens is 4. The van der Waals surface area contributed by atoms with Gasteiger partial charge < -0.3 is 15.0 Å². The fourth-order valence-electron chi connectivity index (χ4n) is 3.72. The first-order valence-corrected chi connectivity index (χ1v) is 10.2. The van der Waals surface area contributed by atoms with Crippen molar-refractivity contribution in [2.75, 3.05) is 13.1 Å². The van der Waals surface area contributed by atoms with Crippen LogP contribution in [-0.4, -0.2) is 33.0 Å². The zero-order valence-electron chi connectivity index (χ0n) is 16.8. The Morgan fingerprint density at radius 3 is 2.60 bits per heavy atom. The molecule has 0 saturated heterocycles. The molecule has 0 spiro atoms. The van der Waals surface area contributed by atoms with Gasteiger partial charge in [-0.3, -0.25) is 0 Å². The van der Waals surface area contributed by atoms with E-state index in [1.54, 1.807) is 6.33 Å². The molecule has 0 aliphatic carbocycles. The Bertz CT molecular complexity index is 1180. The van der Waals surface area contributed by atoms with Gasteiger partial charge in [0.15, 0.2) is 5.65 Å². The molecule has 1 aliphatic rings. The summed E-state index contributed by atoms with van der Waals surface area (Å²) in [4.78, 5) is 17.0. The Morgan fingerprint density at radius 1 is 1.00 bits per heavy atom. The zero-order valence-corrected chi connectivity index (χ0v) is 16.8. The molecular weight excluding hydrogens is 374 g/mol. The molecule has 1 unspecified atom stereocenters. The molecule has 4 aromatic rings. The van der Waals surface area contributed by atoms with Gasteiger partial charge in [0, 0.05) is 12.1 Å². The van der Waals surface area contributed by atoms with Crippen molar-refractivity contribution in [2.45, 2.75) is 19.4 Å². The number of H-pyrrole nitrogens is 1. The normalized spacial score (nSPS) is 15.0. The summed E-state index contributed by atoms with van der Waals surface area (Å²) in [6.45, 7) is 3.87. The van der Waals surface area contributed by atoms with Gasteiger partial charge in [-0.2, -0.15) is 0 Å². The second kappa shape index (κ2) is 8.08. The highest BCUT2D eigenvalue weighted by Crippen LogP contribution is 2.28. The Morgan fingerprint density at radius 2 is 1.83 bits per heavy atom. The van der Waals surface area contributed by atoms with Crippen molar-refractivity contribution < 1.29 is 4.74 Å². The predicted octanol–water partition coefficient (Wildman–Crippen LogP) is 4.54. The summed E-state index contributed by atoms with van der Waals surface area (Å²) >= 11 is 0. The van der Waals surface area contributed by atoms with E-state index in [1.807, 2.05) is 42.5 Å². The van der Waals surface area contributed by atoms with Crippen molar-refractivity contribution >= 4 is 16.7 Å². The van der Waals surface area contributed by atoms with Crippen molar-refractivity contribution in [3.8, 4) is 17.1 Å². The number of nitrogens with one attached hydrogen (secondary N) is 2. The van der Waals surface area contributed by atoms with Gasteiger partial charge in [-0.15, -0.1) is 0 Å². The predicted molar refractivity (Wildman–Crippen MR) is 118 cm³/mol. The lowest BCUT2D eigenvalue weighted by atomic mass is 10.1. The fraction of sp³-hybridized carbons (Fsp3) is 0.208. The van der Waals surface area contributed by atoms with Crippen molar-refractivity contribution in [3.63, 3.8) is 0 Å². The number of hydrogen-bond donors (Lipinski definition) is 2. The molecule has 30 heavy (non-hydrogen) atoms. The zero-order chi connectivity index (χ0) is 20.3. The van der Waals surface area contributed by atoms with Crippen molar-refractivity contribution in [1.82, 2.24) is 25.3 Å². The van der Waals surface area contributed by atoms with Crippen LogP contribution in [-0.2, 0) is 0 Å². The lowest BCUT2D eigenvalue weighted by molar-refractivity contribution is 0.227. The van der Waals surface area contributed by atoms with Gasteiger partial charge in [0.25, 0.3) is 0 Å². The van der Waals surface area contributed by atoms with Crippen LogP contribution < -0.4 is 10.1 Å². The largest absolute Gasteiger partial charge is 0.486 e. The summed E-state index contributed by atoms with van der Waals surface area (Å²) in [5.41, 5.74) is 5.85. The quantitative estimate of drug-likeness (QED) is 0.517. The van der Waals surface area contributed by atoms with E-state index in [9.17, 15) is 0 Å². The van der Waals surface area contributed by atoms with Gasteiger partial charge in [0.05, 0.1) is 5.69 Å². The summed E-state index contributed by atoms with van der Waals surface area (Å²) in [6.07, 6.45) is 4.71. The maximum atomic E-state index is 6.08. The number of imidazole rings is 1. The van der Waals surface area contributed by atoms with Crippen LogP contribution in [0.1, 0.15) is 30.7 Å². The van der Waals surface area contributed by atoms with Gasteiger partial charge in [-0.1, -0.05) is 36.4 Å². The van der Waals surface area contributed by atoms with Gasteiger partial charge in [0.2, 0.25) is 0 Å². The Hall–Kier alpha value is -3.51. The highest BCUT2D eigenvalue weighted by Gasteiger charge is 2.16. The van der Waals surface area contributed by atoms with Crippen LogP contribution in [0.4, 0.5) is 0 Å². The minimum absolute atomic E-state index is 0.0145. The van der Waals surface area contributed by atoms with Gasteiger partial charge >= 0.3 is 0 Å². The molecule has 1 aliphatic heterocycles. The first-order chi connectivity index (χ1) is 14.8. The van der Waals surface area contributed by atoms with Crippen molar-refractivity contribution in [3.05, 3.63) is 78.3 Å². The highest BCUT2D eigenvalue weighted by atomic mass is 16.5. The number of fused-ring (bicyclic) bond motifs is 1. The number of ether oxygens (including phenoxy) is 1. The highest BCUT2D eigenvalue weighted by molar-refractivity contribution is 5.87. The molecule has 1 atom stereocenters. The monoisotopic (exact) mass is 397 g/mol.